The fourth-order valence-corrected chi connectivity index (χ4v) is 0. The van der Waals surface area contributed by atoms with Gasteiger partial charge in [0.25, 0.3) is 0 Å². The zero-order valence-corrected chi connectivity index (χ0v) is 5.64. The Morgan fingerprint density at radius 1 is 1.25 bits per heavy atom. The molecule has 0 aromatic carbocycles. The van der Waals surface area contributed by atoms with Crippen LogP contribution in [0.15, 0.2) is 0 Å². The van der Waals surface area contributed by atoms with E-state index in [-0.39, 0.29) is 44.1 Å². The molecule has 3 heteroatoms. The van der Waals surface area contributed by atoms with Crippen molar-refractivity contribution in [3.05, 3.63) is 0 Å². The van der Waals surface area contributed by atoms with E-state index in [1.165, 1.54) is 0 Å². The van der Waals surface area contributed by atoms with E-state index in [0.717, 1.165) is 0 Å². The van der Waals surface area contributed by atoms with Crippen LogP contribution < -0.4 is 0 Å². The molecule has 0 N–H and O–H groups in total. The topological polar surface area (TPSA) is 17.1 Å². The van der Waals surface area contributed by atoms with Crippen molar-refractivity contribution < 1.29 is 48.9 Å². The van der Waals surface area contributed by atoms with Gasteiger partial charge in [0.05, 0.1) is 0 Å². The molecule has 0 saturated heterocycles. The van der Waals surface area contributed by atoms with Gasteiger partial charge in [-0.3, -0.25) is 0 Å². The molecule has 0 rings (SSSR count). The number of carbonyl (C=O) groups excluding carboxylic acids is 1. The maximum absolute atomic E-state index is 8.00. The molecule has 1 nitrogen and oxygen atoms in total. The van der Waals surface area contributed by atoms with Crippen molar-refractivity contribution in [3.63, 3.8) is 0 Å². The molecule has 0 aliphatic carbocycles. The van der Waals surface area contributed by atoms with Gasteiger partial charge >= 0.3 is 0 Å². The third-order valence-corrected chi connectivity index (χ3v) is 0. The van der Waals surface area contributed by atoms with Gasteiger partial charge in [0.2, 0.25) is 0 Å². The van der Waals surface area contributed by atoms with Crippen LogP contribution in [0.4, 0.5) is 0 Å². The first-order chi connectivity index (χ1) is 1.00. The van der Waals surface area contributed by atoms with Gasteiger partial charge < -0.3 is 4.79 Å². The van der Waals surface area contributed by atoms with Crippen LogP contribution in [-0.4, -0.2) is 6.79 Å². The van der Waals surface area contributed by atoms with Gasteiger partial charge in [-0.15, -0.1) is 0 Å². The molecule has 0 saturated carbocycles. The van der Waals surface area contributed by atoms with E-state index in [1.54, 1.807) is 0 Å². The van der Waals surface area contributed by atoms with Crippen LogP contribution in [0.3, 0.4) is 0 Å². The van der Waals surface area contributed by atoms with E-state index in [4.69, 9.17) is 4.79 Å². The molecular weight excluding hydrogens is 273 g/mol. The quantitative estimate of drug-likeness (QED) is 0.560. The Morgan fingerprint density at radius 2 is 1.25 bits per heavy atom. The average molecular weight is 275 g/mol. The second-order valence-corrected chi connectivity index (χ2v) is 0. The molecule has 0 heterocycles. The molecule has 0 aromatic rings. The molecule has 0 aliphatic heterocycles. The van der Waals surface area contributed by atoms with E-state index < -0.39 is 0 Å². The molecule has 1 radical (unpaired) electrons. The number of hydrogen-bond donors (Lipinski definition) is 0. The van der Waals surface area contributed by atoms with E-state index in [0.29, 0.717) is 0 Å². The minimum atomic E-state index is 0. The summed E-state index contributed by atoms with van der Waals surface area (Å²) in [5, 5.41) is 0. The summed E-state index contributed by atoms with van der Waals surface area (Å²) in [6.45, 7) is 2.00. The minimum Gasteiger partial charge on any atom is -0.307 e. The molecule has 4 heavy (non-hydrogen) atoms. The summed E-state index contributed by atoms with van der Waals surface area (Å²) in [5.41, 5.74) is 0. The van der Waals surface area contributed by atoms with Crippen LogP contribution in [0.25, 0.3) is 0 Å². The molecule has 0 spiro atoms. The zero-order valence-electron chi connectivity index (χ0n) is 1.92. The second kappa shape index (κ2) is 31.8. The maximum Gasteiger partial charge on any atom is 0.106 e. The van der Waals surface area contributed by atoms with Gasteiger partial charge in [-0.25, -0.2) is 0 Å². The van der Waals surface area contributed by atoms with Crippen molar-refractivity contribution in [2.45, 2.75) is 0 Å². The Bertz CT molecular complexity index is 8.00. The fraction of sp³-hybridized carbons (Fsp3) is 0. The predicted octanol–water partition coefficient (Wildman–Crippen LogP) is -0.190. The Hall–Kier alpha value is 1.12. The van der Waals surface area contributed by atoms with E-state index >= 15 is 0 Å². The van der Waals surface area contributed by atoms with Crippen molar-refractivity contribution in [2.24, 2.45) is 0 Å². The van der Waals surface area contributed by atoms with Crippen LogP contribution >= 0.6 is 0 Å². The smallest absolute Gasteiger partial charge is 0.106 e. The molecule has 0 unspecified atom stereocenters. The van der Waals surface area contributed by atoms with Crippen LogP contribution in [0, 0.1) is 0 Å². The van der Waals surface area contributed by atoms with E-state index in [2.05, 4.69) is 0 Å². The second-order valence-electron chi connectivity index (χ2n) is 0. The number of rotatable bonds is 0. The summed E-state index contributed by atoms with van der Waals surface area (Å²) >= 11 is 0. The molecule has 0 atom stereocenters. The number of carbonyl (C=O) groups is 1. The van der Waals surface area contributed by atoms with Crippen molar-refractivity contribution in [3.8, 4) is 0 Å². The van der Waals surface area contributed by atoms with Gasteiger partial charge in [0.15, 0.2) is 0 Å². The Morgan fingerprint density at radius 3 is 1.25 bits per heavy atom. The van der Waals surface area contributed by atoms with Crippen LogP contribution in [0.1, 0.15) is 0 Å². The normalized spacial score (nSPS) is 1.00. The summed E-state index contributed by atoms with van der Waals surface area (Å²) in [6, 6.07) is 0. The summed E-state index contributed by atoms with van der Waals surface area (Å²) in [5.74, 6) is 0. The Labute approximate surface area is 55.5 Å². The van der Waals surface area contributed by atoms with E-state index in [1.807, 2.05) is 6.79 Å². The number of hydrogen-bond acceptors (Lipinski definition) is 1. The first kappa shape index (κ1) is 19.3. The summed E-state index contributed by atoms with van der Waals surface area (Å²) in [4.78, 5) is 8.00. The zero-order chi connectivity index (χ0) is 2.00. The summed E-state index contributed by atoms with van der Waals surface area (Å²) < 4.78 is 0. The molecule has 27 valence electrons. The average Bonchev–Trinajstić information content (AvgIpc) is 1.00. The molecule has 0 aromatic heterocycles. The largest absolute Gasteiger partial charge is 0.307 e. The van der Waals surface area contributed by atoms with Gasteiger partial charge in [-0.1, -0.05) is 0 Å². The third-order valence-electron chi connectivity index (χ3n) is 0. The molecule has 0 amide bonds. The minimum absolute atomic E-state index is 0. The summed E-state index contributed by atoms with van der Waals surface area (Å²) in [7, 11) is 0. The predicted molar refractivity (Wildman–Crippen MR) is 7.12 cm³/mol. The third kappa shape index (κ3) is 11.2. The fourth-order valence-electron chi connectivity index (χ4n) is 0. The van der Waals surface area contributed by atoms with Crippen molar-refractivity contribution in [1.29, 1.82) is 0 Å². The van der Waals surface area contributed by atoms with Crippen molar-refractivity contribution >= 4 is 6.79 Å². The van der Waals surface area contributed by atoms with Gasteiger partial charge in [0, 0.05) is 44.1 Å². The molecule has 0 bridgehead atoms. The van der Waals surface area contributed by atoms with Gasteiger partial charge in [-0.05, 0) is 0 Å². The monoisotopic (exact) mass is 275 g/mol. The van der Waals surface area contributed by atoms with Gasteiger partial charge in [-0.2, -0.15) is 0 Å². The SMILES string of the molecule is C=O.[Au].[Ti]. The first-order valence-corrected chi connectivity index (χ1v) is 0.289. The van der Waals surface area contributed by atoms with Gasteiger partial charge in [0.1, 0.15) is 6.79 Å². The van der Waals surface area contributed by atoms with Crippen LogP contribution in [0.5, 0.6) is 0 Å². The van der Waals surface area contributed by atoms with Crippen LogP contribution in [0.2, 0.25) is 0 Å². The van der Waals surface area contributed by atoms with Crippen molar-refractivity contribution in [2.75, 3.05) is 0 Å². The van der Waals surface area contributed by atoms with Crippen molar-refractivity contribution in [1.82, 2.24) is 0 Å². The van der Waals surface area contributed by atoms with E-state index in [9.17, 15) is 0 Å². The maximum atomic E-state index is 8.00. The Kier molecular flexibility index (Phi) is 154. The Balaban J connectivity index is -0.00000000500. The standard InChI is InChI=1S/CH2O.Au.Ti/c1-2;;/h1H2;;. The first-order valence-electron chi connectivity index (χ1n) is 0.289. The summed E-state index contributed by atoms with van der Waals surface area (Å²) in [6.07, 6.45) is 0. The van der Waals surface area contributed by atoms with Crippen LogP contribution in [-0.2, 0) is 48.9 Å². The molecule has 0 fully saturated rings. The molecular formula is CH2AuOTi. The molecule has 0 aliphatic rings.